The molecule has 0 atom stereocenters. The molecule has 2 rings (SSSR count). The van der Waals surface area contributed by atoms with Gasteiger partial charge in [0.1, 0.15) is 21.8 Å². The van der Waals surface area contributed by atoms with Gasteiger partial charge in [-0.15, -0.1) is 0 Å². The molecule has 0 aliphatic heterocycles. The van der Waals surface area contributed by atoms with E-state index in [2.05, 4.69) is 20.6 Å². The van der Waals surface area contributed by atoms with Crippen molar-refractivity contribution in [3.8, 4) is 11.5 Å². The van der Waals surface area contributed by atoms with Crippen LogP contribution in [0.3, 0.4) is 0 Å². The topological polar surface area (TPSA) is 96.6 Å². The molecule has 0 saturated heterocycles. The minimum Gasteiger partial charge on any atom is -0.444 e. The highest BCUT2D eigenvalue weighted by Gasteiger charge is 2.07. The number of sulfone groups is 1. The maximum Gasteiger partial charge on any atom is 0.226 e. The van der Waals surface area contributed by atoms with Crippen LogP contribution in [0.25, 0.3) is 11.5 Å². The molecule has 7 nitrogen and oxygen atoms in total. The summed E-state index contributed by atoms with van der Waals surface area (Å²) in [5.74, 6) is 1.16. The molecule has 1 aromatic heterocycles. The predicted molar refractivity (Wildman–Crippen MR) is 99.2 cm³/mol. The van der Waals surface area contributed by atoms with Crippen molar-refractivity contribution in [2.45, 2.75) is 20.4 Å². The van der Waals surface area contributed by atoms with Crippen molar-refractivity contribution in [1.82, 2.24) is 15.6 Å². The monoisotopic (exact) mass is 364 g/mol. The Balaban J connectivity index is 1.99. The normalized spacial score (nSPS) is 12.2. The molecule has 0 unspecified atom stereocenters. The van der Waals surface area contributed by atoms with E-state index in [1.807, 2.05) is 38.1 Å². The first-order valence-electron chi connectivity index (χ1n) is 8.08. The predicted octanol–water partition coefficient (Wildman–Crippen LogP) is 1.75. The number of aryl methyl sites for hydroxylation is 1. The summed E-state index contributed by atoms with van der Waals surface area (Å²) in [4.78, 5) is 8.84. The minimum atomic E-state index is -3.00. The van der Waals surface area contributed by atoms with Crippen LogP contribution in [-0.4, -0.2) is 44.5 Å². The summed E-state index contributed by atoms with van der Waals surface area (Å²) < 4.78 is 27.9. The van der Waals surface area contributed by atoms with Crippen LogP contribution in [0, 0.1) is 6.92 Å². The summed E-state index contributed by atoms with van der Waals surface area (Å²) in [5, 5.41) is 6.06. The highest BCUT2D eigenvalue weighted by molar-refractivity contribution is 7.90. The van der Waals surface area contributed by atoms with Gasteiger partial charge in [0.2, 0.25) is 5.89 Å². The standard InChI is InChI=1S/C17H24N4O3S/c1-4-18-17(19-9-10-25(3,22)23)20-11-15-12-24-16(21-15)14-7-5-13(2)6-8-14/h5-8,12H,4,9-11H2,1-3H3,(H2,18,19,20). The zero-order valence-corrected chi connectivity index (χ0v) is 15.6. The highest BCUT2D eigenvalue weighted by Crippen LogP contribution is 2.19. The van der Waals surface area contributed by atoms with Crippen molar-refractivity contribution in [3.63, 3.8) is 0 Å². The Morgan fingerprint density at radius 3 is 2.60 bits per heavy atom. The number of benzene rings is 1. The van der Waals surface area contributed by atoms with E-state index >= 15 is 0 Å². The van der Waals surface area contributed by atoms with Crippen LogP contribution in [0.4, 0.5) is 0 Å². The zero-order valence-electron chi connectivity index (χ0n) is 14.7. The van der Waals surface area contributed by atoms with Gasteiger partial charge < -0.3 is 15.1 Å². The minimum absolute atomic E-state index is 0.0545. The number of nitrogens with one attached hydrogen (secondary N) is 2. The Morgan fingerprint density at radius 2 is 1.96 bits per heavy atom. The molecule has 0 aliphatic rings. The van der Waals surface area contributed by atoms with Gasteiger partial charge in [-0.05, 0) is 26.0 Å². The fraction of sp³-hybridized carbons (Fsp3) is 0.412. The van der Waals surface area contributed by atoms with Gasteiger partial charge in [-0.2, -0.15) is 0 Å². The molecule has 8 heteroatoms. The summed E-state index contributed by atoms with van der Waals surface area (Å²) >= 11 is 0. The summed E-state index contributed by atoms with van der Waals surface area (Å²) in [6.45, 7) is 5.29. The van der Waals surface area contributed by atoms with Crippen LogP contribution in [0.2, 0.25) is 0 Å². The van der Waals surface area contributed by atoms with Crippen molar-refractivity contribution in [3.05, 3.63) is 41.8 Å². The molecule has 0 fully saturated rings. The van der Waals surface area contributed by atoms with Gasteiger partial charge >= 0.3 is 0 Å². The first-order chi connectivity index (χ1) is 11.9. The Hall–Kier alpha value is -2.35. The number of aliphatic imine (C=N–C) groups is 1. The number of oxazole rings is 1. The second-order valence-corrected chi connectivity index (χ2v) is 8.02. The highest BCUT2D eigenvalue weighted by atomic mass is 32.2. The van der Waals surface area contributed by atoms with Gasteiger partial charge in [0, 0.05) is 24.9 Å². The lowest BCUT2D eigenvalue weighted by Gasteiger charge is -2.10. The molecule has 0 amide bonds. The molecule has 0 bridgehead atoms. The maximum atomic E-state index is 11.2. The number of nitrogens with zero attached hydrogens (tertiary/aromatic N) is 2. The first kappa shape index (κ1) is 19.0. The first-order valence-corrected chi connectivity index (χ1v) is 10.1. The van der Waals surface area contributed by atoms with Gasteiger partial charge in [0.05, 0.1) is 12.3 Å². The van der Waals surface area contributed by atoms with Crippen molar-refractivity contribution in [2.75, 3.05) is 25.1 Å². The van der Waals surface area contributed by atoms with Gasteiger partial charge in [-0.1, -0.05) is 17.7 Å². The average molecular weight is 364 g/mol. The quantitative estimate of drug-likeness (QED) is 0.574. The van der Waals surface area contributed by atoms with E-state index in [9.17, 15) is 8.42 Å². The van der Waals surface area contributed by atoms with E-state index in [0.717, 1.165) is 5.56 Å². The molecule has 25 heavy (non-hydrogen) atoms. The molecule has 1 aromatic carbocycles. The van der Waals surface area contributed by atoms with E-state index in [1.54, 1.807) is 6.26 Å². The number of hydrogen-bond donors (Lipinski definition) is 2. The molecule has 0 aliphatic carbocycles. The fourth-order valence-corrected chi connectivity index (χ4v) is 2.54. The van der Waals surface area contributed by atoms with Crippen molar-refractivity contribution < 1.29 is 12.8 Å². The lowest BCUT2D eigenvalue weighted by Crippen LogP contribution is -2.39. The fourth-order valence-electron chi connectivity index (χ4n) is 2.06. The summed E-state index contributed by atoms with van der Waals surface area (Å²) in [6, 6.07) is 7.94. The largest absolute Gasteiger partial charge is 0.444 e. The Labute approximate surface area is 148 Å². The molecular weight excluding hydrogens is 340 g/mol. The van der Waals surface area contributed by atoms with Crippen LogP contribution >= 0.6 is 0 Å². The van der Waals surface area contributed by atoms with Crippen molar-refractivity contribution >= 4 is 15.8 Å². The smallest absolute Gasteiger partial charge is 0.226 e. The van der Waals surface area contributed by atoms with Crippen LogP contribution < -0.4 is 10.6 Å². The van der Waals surface area contributed by atoms with Crippen LogP contribution in [0.15, 0.2) is 39.9 Å². The summed E-state index contributed by atoms with van der Waals surface area (Å²) in [7, 11) is -3.00. The van der Waals surface area contributed by atoms with Crippen molar-refractivity contribution in [1.29, 1.82) is 0 Å². The van der Waals surface area contributed by atoms with Crippen LogP contribution in [-0.2, 0) is 16.4 Å². The third kappa shape index (κ3) is 6.58. The molecule has 0 saturated carbocycles. The molecule has 0 spiro atoms. The molecule has 0 radical (unpaired) electrons. The summed E-state index contributed by atoms with van der Waals surface area (Å²) in [5.41, 5.74) is 2.80. The van der Waals surface area contributed by atoms with E-state index in [-0.39, 0.29) is 5.75 Å². The average Bonchev–Trinajstić information content (AvgIpc) is 3.01. The van der Waals surface area contributed by atoms with E-state index in [4.69, 9.17) is 4.42 Å². The van der Waals surface area contributed by atoms with E-state index in [1.165, 1.54) is 11.8 Å². The van der Waals surface area contributed by atoms with Crippen LogP contribution in [0.5, 0.6) is 0 Å². The van der Waals surface area contributed by atoms with E-state index < -0.39 is 9.84 Å². The summed E-state index contributed by atoms with van der Waals surface area (Å²) in [6.07, 6.45) is 2.79. The molecule has 2 N–H and O–H groups in total. The second-order valence-electron chi connectivity index (χ2n) is 5.76. The number of guanidine groups is 1. The van der Waals surface area contributed by atoms with Crippen molar-refractivity contribution in [2.24, 2.45) is 4.99 Å². The lowest BCUT2D eigenvalue weighted by atomic mass is 10.1. The molecule has 1 heterocycles. The molecule has 136 valence electrons. The second kappa shape index (κ2) is 8.66. The Morgan fingerprint density at radius 1 is 1.24 bits per heavy atom. The number of aromatic nitrogens is 1. The van der Waals surface area contributed by atoms with Gasteiger partial charge in [0.25, 0.3) is 0 Å². The third-order valence-corrected chi connectivity index (χ3v) is 4.30. The Kier molecular flexibility index (Phi) is 6.58. The lowest BCUT2D eigenvalue weighted by molar-refractivity contribution is 0.572. The van der Waals surface area contributed by atoms with Gasteiger partial charge in [0.15, 0.2) is 5.96 Å². The number of hydrogen-bond acceptors (Lipinski definition) is 5. The zero-order chi connectivity index (χ0) is 18.3. The number of rotatable bonds is 7. The van der Waals surface area contributed by atoms with Crippen LogP contribution in [0.1, 0.15) is 18.2 Å². The van der Waals surface area contributed by atoms with Gasteiger partial charge in [-0.3, -0.25) is 0 Å². The van der Waals surface area contributed by atoms with Gasteiger partial charge in [-0.25, -0.2) is 18.4 Å². The third-order valence-electron chi connectivity index (χ3n) is 3.36. The molecular formula is C17H24N4O3S. The SMILES string of the molecule is CCNC(=NCc1coc(-c2ccc(C)cc2)n1)NCCS(C)(=O)=O. The molecule has 2 aromatic rings. The maximum absolute atomic E-state index is 11.2. The Bertz CT molecular complexity index is 811. The van der Waals surface area contributed by atoms with E-state index in [0.29, 0.717) is 37.2 Å².